The molecule has 0 aliphatic carbocycles. The number of carbonyl (C=O) groups excluding carboxylic acids is 3. The zero-order valence-corrected chi connectivity index (χ0v) is 48.1. The third-order valence-corrected chi connectivity index (χ3v) is 14.2. The lowest BCUT2D eigenvalue weighted by Crippen LogP contribution is -2.61. The maximum Gasteiger partial charge on any atom is 0.335 e. The number of aliphatic hydroxyl groups excluding tert-OH is 2. The molecule has 1 aliphatic heterocycles. The van der Waals surface area contributed by atoms with Crippen molar-refractivity contribution in [3.63, 3.8) is 0 Å². The van der Waals surface area contributed by atoms with Gasteiger partial charge in [-0.05, 0) is 70.6 Å². The van der Waals surface area contributed by atoms with Gasteiger partial charge in [-0.3, -0.25) is 14.4 Å². The molecule has 3 N–H and O–H groups in total. The van der Waals surface area contributed by atoms with Crippen LogP contribution in [-0.2, 0) is 42.9 Å². The molecular weight excluding hydrogens is 949 g/mol. The summed E-state index contributed by atoms with van der Waals surface area (Å²) in [5.74, 6) is -3.12. The van der Waals surface area contributed by atoms with Gasteiger partial charge in [-0.1, -0.05) is 237 Å². The molecule has 0 bridgehead atoms. The van der Waals surface area contributed by atoms with E-state index in [1.54, 1.807) is 0 Å². The largest absolute Gasteiger partial charge is 0.479 e. The van der Waals surface area contributed by atoms with E-state index in [9.17, 15) is 34.5 Å². The zero-order chi connectivity index (χ0) is 54.7. The second-order valence-corrected chi connectivity index (χ2v) is 21.3. The van der Waals surface area contributed by atoms with Crippen molar-refractivity contribution in [2.24, 2.45) is 0 Å². The Hall–Kier alpha value is -3.06. The van der Waals surface area contributed by atoms with E-state index in [1.165, 1.54) is 128 Å². The molecule has 1 fully saturated rings. The van der Waals surface area contributed by atoms with Crippen LogP contribution in [0.2, 0.25) is 0 Å². The molecule has 0 spiro atoms. The van der Waals surface area contributed by atoms with Crippen LogP contribution in [0, 0.1) is 0 Å². The van der Waals surface area contributed by atoms with Gasteiger partial charge in [0.15, 0.2) is 24.6 Å². The van der Waals surface area contributed by atoms with Crippen LogP contribution in [0.25, 0.3) is 0 Å². The van der Waals surface area contributed by atoms with Crippen LogP contribution in [0.4, 0.5) is 0 Å². The maximum atomic E-state index is 13.1. The van der Waals surface area contributed by atoms with Gasteiger partial charge in [-0.15, -0.1) is 0 Å². The lowest BCUT2D eigenvalue weighted by atomic mass is 9.98. The molecule has 0 amide bonds. The number of ether oxygens (including phenoxy) is 5. The van der Waals surface area contributed by atoms with Gasteiger partial charge >= 0.3 is 23.9 Å². The van der Waals surface area contributed by atoms with E-state index in [0.29, 0.717) is 19.3 Å². The van der Waals surface area contributed by atoms with E-state index in [0.717, 1.165) is 103 Å². The summed E-state index contributed by atoms with van der Waals surface area (Å²) in [7, 11) is 0. The Bertz CT molecular complexity index is 1450. The van der Waals surface area contributed by atoms with Crippen LogP contribution in [0.5, 0.6) is 0 Å². The average Bonchev–Trinajstić information content (AvgIpc) is 3.39. The lowest BCUT2D eigenvalue weighted by molar-refractivity contribution is -0.301. The first-order chi connectivity index (χ1) is 36.6. The molecule has 0 saturated carbocycles. The highest BCUT2D eigenvalue weighted by Crippen LogP contribution is 2.27. The first kappa shape index (κ1) is 70.0. The highest BCUT2D eigenvalue weighted by Gasteiger charge is 2.50. The van der Waals surface area contributed by atoms with Crippen LogP contribution in [0.1, 0.15) is 290 Å². The van der Waals surface area contributed by atoms with Gasteiger partial charge in [-0.2, -0.15) is 0 Å². The molecule has 12 nitrogen and oxygen atoms in total. The Morgan fingerprint density at radius 2 is 0.813 bits per heavy atom. The molecule has 1 rings (SSSR count). The first-order valence-electron chi connectivity index (χ1n) is 31.0. The quantitative estimate of drug-likeness (QED) is 0.0228. The number of aliphatic hydroxyl groups is 2. The van der Waals surface area contributed by atoms with E-state index in [2.05, 4.69) is 57.2 Å². The lowest BCUT2D eigenvalue weighted by Gasteiger charge is -2.40. The fraction of sp³-hybridized carbons (Fsp3) is 0.841. The summed E-state index contributed by atoms with van der Waals surface area (Å²) in [6.45, 7) is 5.94. The van der Waals surface area contributed by atoms with Crippen LogP contribution >= 0.6 is 0 Å². The van der Waals surface area contributed by atoms with Gasteiger partial charge in [-0.25, -0.2) is 4.79 Å². The Labute approximate surface area is 457 Å². The third kappa shape index (κ3) is 41.7. The number of carbonyl (C=O) groups is 4. The zero-order valence-electron chi connectivity index (χ0n) is 48.1. The van der Waals surface area contributed by atoms with E-state index >= 15 is 0 Å². The molecule has 0 radical (unpaired) electrons. The number of carboxylic acid groups (broad SMARTS) is 1. The first-order valence-corrected chi connectivity index (χ1v) is 31.0. The number of carboxylic acids is 1. The van der Waals surface area contributed by atoms with Gasteiger partial charge in [0.2, 0.25) is 0 Å². The summed E-state index contributed by atoms with van der Waals surface area (Å²) in [5, 5.41) is 31.5. The molecule has 1 saturated heterocycles. The minimum Gasteiger partial charge on any atom is -0.479 e. The van der Waals surface area contributed by atoms with Gasteiger partial charge in [0.05, 0.1) is 6.61 Å². The van der Waals surface area contributed by atoms with Crippen LogP contribution < -0.4 is 0 Å². The molecule has 436 valence electrons. The Balaban J connectivity index is 2.63. The molecule has 0 aromatic carbocycles. The van der Waals surface area contributed by atoms with Gasteiger partial charge in [0, 0.05) is 19.3 Å². The fourth-order valence-electron chi connectivity index (χ4n) is 9.38. The monoisotopic (exact) mass is 1060 g/mol. The van der Waals surface area contributed by atoms with Gasteiger partial charge in [0.25, 0.3) is 0 Å². The Morgan fingerprint density at radius 1 is 0.440 bits per heavy atom. The molecule has 6 unspecified atom stereocenters. The normalized spacial score (nSPS) is 18.3. The molecule has 12 heteroatoms. The minimum atomic E-state index is -1.91. The van der Waals surface area contributed by atoms with Crippen molar-refractivity contribution < 1.29 is 58.2 Å². The van der Waals surface area contributed by atoms with Gasteiger partial charge < -0.3 is 39.0 Å². The molecule has 1 heterocycles. The highest BCUT2D eigenvalue weighted by atomic mass is 16.7. The topological polar surface area (TPSA) is 175 Å². The van der Waals surface area contributed by atoms with E-state index in [1.807, 2.05) is 0 Å². The standard InChI is InChI=1S/C63H112O12/c1-4-7-10-13-16-19-22-24-26-27-28-29-31-32-35-37-40-43-46-49-55(64)71-52-54(73-56(65)50-47-44-41-38-34-21-18-15-12-9-6-3)53-72-63-61(59(68)58(67)60(75-63)62(69)70)74-57(66)51-48-45-42-39-36-33-30-25-23-20-17-14-11-8-5-2/h15,17-18,20,25,30,54,58-61,63,67-68H,4-14,16,19,21-24,26-29,31-53H2,1-3H3,(H,69,70)/b18-15-,20-17-,30-25-. The summed E-state index contributed by atoms with van der Waals surface area (Å²) in [6, 6.07) is 0. The van der Waals surface area contributed by atoms with Crippen LogP contribution in [0.15, 0.2) is 36.5 Å². The smallest absolute Gasteiger partial charge is 0.335 e. The van der Waals surface area contributed by atoms with Crippen molar-refractivity contribution in [1.82, 2.24) is 0 Å². The molecule has 0 aromatic rings. The van der Waals surface area contributed by atoms with Crippen LogP contribution in [0.3, 0.4) is 0 Å². The number of rotatable bonds is 53. The Morgan fingerprint density at radius 3 is 1.28 bits per heavy atom. The van der Waals surface area contributed by atoms with Crippen molar-refractivity contribution >= 4 is 23.9 Å². The number of allylic oxidation sites excluding steroid dienone is 6. The Kier molecular flexibility index (Phi) is 48.2. The van der Waals surface area contributed by atoms with Crippen molar-refractivity contribution in [1.29, 1.82) is 0 Å². The SMILES string of the molecule is CCCC/C=C\CCCCCCCC(=O)OC(COC(=O)CCCCCCCCCCCCCCCCCCCCC)COC1OC(C(=O)O)C(O)C(O)C1OC(=O)CCCCCCC/C=C\C/C=C\CCCCC. The molecular formula is C63H112O12. The molecule has 0 aromatic heterocycles. The fourth-order valence-corrected chi connectivity index (χ4v) is 9.38. The van der Waals surface area contributed by atoms with E-state index in [-0.39, 0.29) is 25.9 Å². The van der Waals surface area contributed by atoms with E-state index < -0.39 is 67.3 Å². The average molecular weight is 1060 g/mol. The predicted octanol–water partition coefficient (Wildman–Crippen LogP) is 16.0. The number of unbranched alkanes of at least 4 members (excludes halogenated alkanes) is 33. The summed E-state index contributed by atoms with van der Waals surface area (Å²) in [6.07, 6.45) is 48.3. The molecule has 75 heavy (non-hydrogen) atoms. The summed E-state index contributed by atoms with van der Waals surface area (Å²) < 4.78 is 28.4. The molecule has 1 aliphatic rings. The number of hydrogen-bond acceptors (Lipinski definition) is 11. The summed E-state index contributed by atoms with van der Waals surface area (Å²) >= 11 is 0. The highest BCUT2D eigenvalue weighted by molar-refractivity contribution is 5.74. The second kappa shape index (κ2) is 51.7. The van der Waals surface area contributed by atoms with E-state index in [4.69, 9.17) is 23.7 Å². The maximum absolute atomic E-state index is 13.1. The van der Waals surface area contributed by atoms with Crippen LogP contribution in [-0.4, -0.2) is 89.2 Å². The number of aliphatic carboxylic acids is 1. The third-order valence-electron chi connectivity index (χ3n) is 14.2. The van der Waals surface area contributed by atoms with Crippen molar-refractivity contribution in [3.05, 3.63) is 36.5 Å². The minimum absolute atomic E-state index is 0.0463. The predicted molar refractivity (Wildman–Crippen MR) is 303 cm³/mol. The summed E-state index contributed by atoms with van der Waals surface area (Å²) in [4.78, 5) is 51.1. The molecule has 6 atom stereocenters. The second-order valence-electron chi connectivity index (χ2n) is 21.3. The number of esters is 3. The van der Waals surface area contributed by atoms with Crippen molar-refractivity contribution in [2.75, 3.05) is 13.2 Å². The number of hydrogen-bond donors (Lipinski definition) is 3. The van der Waals surface area contributed by atoms with Crippen molar-refractivity contribution in [2.45, 2.75) is 327 Å². The van der Waals surface area contributed by atoms with Crippen molar-refractivity contribution in [3.8, 4) is 0 Å². The van der Waals surface area contributed by atoms with Gasteiger partial charge in [0.1, 0.15) is 18.8 Å². The summed E-state index contributed by atoms with van der Waals surface area (Å²) in [5.41, 5.74) is 0.